The van der Waals surface area contributed by atoms with E-state index < -0.39 is 0 Å². The second kappa shape index (κ2) is 8.19. The van der Waals surface area contributed by atoms with Gasteiger partial charge in [-0.1, -0.05) is 30.3 Å². The summed E-state index contributed by atoms with van der Waals surface area (Å²) in [4.78, 5) is 23.1. The lowest BCUT2D eigenvalue weighted by atomic mass is 10.1. The molecule has 142 valence electrons. The van der Waals surface area contributed by atoms with Crippen molar-refractivity contribution in [1.29, 1.82) is 0 Å². The van der Waals surface area contributed by atoms with E-state index in [1.165, 1.54) is 0 Å². The first-order chi connectivity index (χ1) is 13.7. The van der Waals surface area contributed by atoms with Crippen LogP contribution in [0.5, 0.6) is 0 Å². The van der Waals surface area contributed by atoms with Gasteiger partial charge in [-0.15, -0.1) is 0 Å². The molecule has 1 fully saturated rings. The molecule has 0 atom stereocenters. The van der Waals surface area contributed by atoms with Gasteiger partial charge in [-0.25, -0.2) is 4.98 Å². The summed E-state index contributed by atoms with van der Waals surface area (Å²) in [5.74, 6) is 1.45. The average Bonchev–Trinajstić information content (AvgIpc) is 2.75. The minimum absolute atomic E-state index is 0.0505. The van der Waals surface area contributed by atoms with Crippen LogP contribution in [-0.2, 0) is 4.74 Å². The molecule has 1 N–H and O–H groups in total. The molecule has 28 heavy (non-hydrogen) atoms. The molecule has 0 radical (unpaired) electrons. The number of hydrogen-bond acceptors (Lipinski definition) is 6. The summed E-state index contributed by atoms with van der Waals surface area (Å²) in [6.07, 6.45) is 0. The van der Waals surface area contributed by atoms with Crippen molar-refractivity contribution < 1.29 is 9.53 Å². The van der Waals surface area contributed by atoms with Gasteiger partial charge in [0.15, 0.2) is 5.78 Å². The standard InChI is InChI=1S/C22H22N4O2/c1-16(27)17-7-9-19(10-8-17)23-21-15-20(18-5-3-2-4-6-18)24-22(25-21)26-11-13-28-14-12-26/h2-10,15H,11-14H2,1H3,(H,23,24,25). The molecule has 6 nitrogen and oxygen atoms in total. The Hall–Kier alpha value is -3.25. The third-order valence-electron chi connectivity index (χ3n) is 4.64. The van der Waals surface area contributed by atoms with Crippen molar-refractivity contribution in [3.05, 3.63) is 66.2 Å². The summed E-state index contributed by atoms with van der Waals surface area (Å²) in [5.41, 5.74) is 3.46. The van der Waals surface area contributed by atoms with Crippen LogP contribution in [0, 0.1) is 0 Å². The van der Waals surface area contributed by atoms with Gasteiger partial charge in [0, 0.05) is 36.0 Å². The fraction of sp³-hybridized carbons (Fsp3) is 0.227. The Bertz CT molecular complexity index is 952. The van der Waals surface area contributed by atoms with Gasteiger partial charge in [0.2, 0.25) is 5.95 Å². The quantitative estimate of drug-likeness (QED) is 0.683. The average molecular weight is 374 g/mol. The number of carbonyl (C=O) groups excluding carboxylic acids is 1. The van der Waals surface area contributed by atoms with E-state index in [4.69, 9.17) is 14.7 Å². The predicted octanol–water partition coefficient (Wildman–Crippen LogP) is 3.93. The molecule has 6 heteroatoms. The van der Waals surface area contributed by atoms with Gasteiger partial charge in [-0.05, 0) is 31.2 Å². The van der Waals surface area contributed by atoms with E-state index in [1.54, 1.807) is 6.92 Å². The number of rotatable bonds is 5. The lowest BCUT2D eigenvalue weighted by Gasteiger charge is -2.27. The molecule has 0 unspecified atom stereocenters. The van der Waals surface area contributed by atoms with Gasteiger partial charge in [0.25, 0.3) is 0 Å². The van der Waals surface area contributed by atoms with E-state index in [1.807, 2.05) is 60.7 Å². The maximum atomic E-state index is 11.5. The van der Waals surface area contributed by atoms with Gasteiger partial charge in [-0.3, -0.25) is 4.79 Å². The highest BCUT2D eigenvalue weighted by atomic mass is 16.5. The van der Waals surface area contributed by atoms with E-state index in [-0.39, 0.29) is 5.78 Å². The monoisotopic (exact) mass is 374 g/mol. The largest absolute Gasteiger partial charge is 0.378 e. The van der Waals surface area contributed by atoms with Crippen molar-refractivity contribution >= 4 is 23.2 Å². The van der Waals surface area contributed by atoms with Gasteiger partial charge in [-0.2, -0.15) is 4.98 Å². The van der Waals surface area contributed by atoms with E-state index in [0.717, 1.165) is 30.0 Å². The number of benzene rings is 2. The van der Waals surface area contributed by atoms with E-state index in [9.17, 15) is 4.79 Å². The zero-order chi connectivity index (χ0) is 19.3. The maximum absolute atomic E-state index is 11.5. The van der Waals surface area contributed by atoms with Crippen LogP contribution in [0.15, 0.2) is 60.7 Å². The fourth-order valence-corrected chi connectivity index (χ4v) is 3.10. The molecule has 0 bridgehead atoms. The first kappa shape index (κ1) is 18.1. The molecule has 0 aliphatic carbocycles. The Morgan fingerprint density at radius 2 is 1.71 bits per heavy atom. The van der Waals surface area contributed by atoms with Gasteiger partial charge in [0.1, 0.15) is 5.82 Å². The fourth-order valence-electron chi connectivity index (χ4n) is 3.10. The number of carbonyl (C=O) groups is 1. The molecule has 2 aromatic carbocycles. The molecule has 1 aliphatic heterocycles. The number of Topliss-reactive ketones (excluding diaryl/α,β-unsaturated/α-hetero) is 1. The SMILES string of the molecule is CC(=O)c1ccc(Nc2cc(-c3ccccc3)nc(N3CCOCC3)n2)cc1. The molecular formula is C22H22N4O2. The van der Waals surface area contributed by atoms with Crippen molar-refractivity contribution in [3.8, 4) is 11.3 Å². The molecule has 1 saturated heterocycles. The zero-order valence-corrected chi connectivity index (χ0v) is 15.8. The number of ether oxygens (including phenoxy) is 1. The molecular weight excluding hydrogens is 352 g/mol. The second-order valence-electron chi connectivity index (χ2n) is 6.66. The smallest absolute Gasteiger partial charge is 0.228 e. The minimum atomic E-state index is 0.0505. The number of aromatic nitrogens is 2. The van der Waals surface area contributed by atoms with Gasteiger partial charge in [0.05, 0.1) is 18.9 Å². The number of morpholine rings is 1. The van der Waals surface area contributed by atoms with Crippen LogP contribution in [0.2, 0.25) is 0 Å². The first-order valence-electron chi connectivity index (χ1n) is 9.34. The van der Waals surface area contributed by atoms with Crippen LogP contribution < -0.4 is 10.2 Å². The lowest BCUT2D eigenvalue weighted by molar-refractivity contribution is 0.101. The number of nitrogens with one attached hydrogen (secondary N) is 1. The van der Waals surface area contributed by atoms with Crippen molar-refractivity contribution in [3.63, 3.8) is 0 Å². The maximum Gasteiger partial charge on any atom is 0.228 e. The number of ketones is 1. The first-order valence-corrected chi connectivity index (χ1v) is 9.34. The molecule has 4 rings (SSSR count). The molecule has 0 amide bonds. The van der Waals surface area contributed by atoms with Crippen LogP contribution in [0.3, 0.4) is 0 Å². The van der Waals surface area contributed by atoms with E-state index in [2.05, 4.69) is 10.2 Å². The molecule has 1 aromatic heterocycles. The van der Waals surface area contributed by atoms with Crippen molar-refractivity contribution in [2.45, 2.75) is 6.92 Å². The summed E-state index contributed by atoms with van der Waals surface area (Å²) in [5, 5.41) is 3.34. The summed E-state index contributed by atoms with van der Waals surface area (Å²) < 4.78 is 5.45. The van der Waals surface area contributed by atoms with Crippen molar-refractivity contribution in [1.82, 2.24) is 9.97 Å². The Morgan fingerprint density at radius 1 is 1.00 bits per heavy atom. The Balaban J connectivity index is 1.67. The van der Waals surface area contributed by atoms with Crippen LogP contribution in [0.1, 0.15) is 17.3 Å². The number of anilines is 3. The summed E-state index contributed by atoms with van der Waals surface area (Å²) >= 11 is 0. The Morgan fingerprint density at radius 3 is 2.39 bits per heavy atom. The van der Waals surface area contributed by atoms with Crippen LogP contribution >= 0.6 is 0 Å². The van der Waals surface area contributed by atoms with Crippen LogP contribution in [-0.4, -0.2) is 42.1 Å². The Labute approximate surface area is 164 Å². The minimum Gasteiger partial charge on any atom is -0.378 e. The topological polar surface area (TPSA) is 67.4 Å². The van der Waals surface area contributed by atoms with Crippen molar-refractivity contribution in [2.75, 3.05) is 36.5 Å². The third-order valence-corrected chi connectivity index (χ3v) is 4.64. The summed E-state index contributed by atoms with van der Waals surface area (Å²) in [6.45, 7) is 4.45. The van der Waals surface area contributed by atoms with E-state index >= 15 is 0 Å². The van der Waals surface area contributed by atoms with Gasteiger partial charge >= 0.3 is 0 Å². The normalized spacial score (nSPS) is 14.0. The number of nitrogens with zero attached hydrogens (tertiary/aromatic N) is 3. The summed E-state index contributed by atoms with van der Waals surface area (Å²) in [7, 11) is 0. The van der Waals surface area contributed by atoms with E-state index in [0.29, 0.717) is 30.5 Å². The molecule has 1 aliphatic rings. The lowest BCUT2D eigenvalue weighted by Crippen LogP contribution is -2.37. The second-order valence-corrected chi connectivity index (χ2v) is 6.66. The summed E-state index contributed by atoms with van der Waals surface area (Å²) in [6, 6.07) is 19.4. The molecule has 2 heterocycles. The van der Waals surface area contributed by atoms with Gasteiger partial charge < -0.3 is 15.0 Å². The molecule has 0 saturated carbocycles. The third kappa shape index (κ3) is 4.18. The molecule has 0 spiro atoms. The predicted molar refractivity (Wildman–Crippen MR) is 110 cm³/mol. The van der Waals surface area contributed by atoms with Crippen molar-refractivity contribution in [2.24, 2.45) is 0 Å². The van der Waals surface area contributed by atoms with Crippen LogP contribution in [0.25, 0.3) is 11.3 Å². The number of hydrogen-bond donors (Lipinski definition) is 1. The highest BCUT2D eigenvalue weighted by Gasteiger charge is 2.16. The highest BCUT2D eigenvalue weighted by molar-refractivity contribution is 5.94. The zero-order valence-electron chi connectivity index (χ0n) is 15.8. The molecule has 3 aromatic rings. The Kier molecular flexibility index (Phi) is 5.30. The highest BCUT2D eigenvalue weighted by Crippen LogP contribution is 2.25. The van der Waals surface area contributed by atoms with Crippen LogP contribution in [0.4, 0.5) is 17.5 Å².